The third kappa shape index (κ3) is 3.16. The molecule has 1 N–H and O–H groups in total. The number of aromatic nitrogens is 2. The zero-order valence-electron chi connectivity index (χ0n) is 13.7. The summed E-state index contributed by atoms with van der Waals surface area (Å²) in [5, 5.41) is 0. The van der Waals surface area contributed by atoms with Gasteiger partial charge in [-0.05, 0) is 24.7 Å². The van der Waals surface area contributed by atoms with Gasteiger partial charge in [0.15, 0.2) is 0 Å². The van der Waals surface area contributed by atoms with Crippen LogP contribution in [0, 0.1) is 0 Å². The third-order valence-electron chi connectivity index (χ3n) is 4.38. The van der Waals surface area contributed by atoms with Crippen LogP contribution in [0.5, 0.6) is 5.75 Å². The van der Waals surface area contributed by atoms with E-state index in [-0.39, 0.29) is 17.5 Å². The van der Waals surface area contributed by atoms with E-state index in [4.69, 9.17) is 4.74 Å². The molecule has 0 unspecified atom stereocenters. The molecule has 7 heteroatoms. The number of benzene rings is 1. The van der Waals surface area contributed by atoms with Gasteiger partial charge in [0.25, 0.3) is 11.5 Å². The molecule has 24 heavy (non-hydrogen) atoms. The molecule has 126 valence electrons. The molecular formula is C17H20N4O3. The zero-order valence-corrected chi connectivity index (χ0v) is 13.7. The van der Waals surface area contributed by atoms with E-state index < -0.39 is 5.56 Å². The van der Waals surface area contributed by atoms with Gasteiger partial charge in [0.05, 0.1) is 19.5 Å². The van der Waals surface area contributed by atoms with Crippen molar-refractivity contribution in [2.24, 2.45) is 0 Å². The largest absolute Gasteiger partial charge is 0.497 e. The number of carbonyl (C=O) groups is 1. The molecule has 2 heterocycles. The lowest BCUT2D eigenvalue weighted by molar-refractivity contribution is 0.0544. The second-order valence-electron chi connectivity index (χ2n) is 5.82. The Balaban J connectivity index is 1.81. The number of rotatable bonds is 3. The van der Waals surface area contributed by atoms with Gasteiger partial charge < -0.3 is 14.6 Å². The molecule has 1 aliphatic rings. The van der Waals surface area contributed by atoms with E-state index in [0.717, 1.165) is 17.9 Å². The number of hydrogen-bond acceptors (Lipinski definition) is 5. The normalized spacial score (nSPS) is 18.4. The summed E-state index contributed by atoms with van der Waals surface area (Å²) in [4.78, 5) is 34.7. The van der Waals surface area contributed by atoms with Gasteiger partial charge in [0.2, 0.25) is 0 Å². The van der Waals surface area contributed by atoms with Crippen LogP contribution in [-0.2, 0) is 0 Å². The third-order valence-corrected chi connectivity index (χ3v) is 4.38. The Bertz CT molecular complexity index is 772. The first-order valence-corrected chi connectivity index (χ1v) is 7.76. The van der Waals surface area contributed by atoms with Crippen LogP contribution in [0.25, 0.3) is 0 Å². The second kappa shape index (κ2) is 6.84. The van der Waals surface area contributed by atoms with Crippen LogP contribution < -0.4 is 10.3 Å². The standard InChI is InChI=1S/C17H20N4O3/c1-20-7-8-21(17(23)14-9-18-11-19-16(14)22)10-15(20)12-3-5-13(24-2)6-4-12/h3-6,9,11,15H,7-8,10H2,1-2H3,(H,18,19,22)/t15-/m0/s1. The average molecular weight is 328 g/mol. The van der Waals surface area contributed by atoms with Crippen LogP contribution in [0.3, 0.4) is 0 Å². The summed E-state index contributed by atoms with van der Waals surface area (Å²) in [5.74, 6) is 0.517. The van der Waals surface area contributed by atoms with Crippen molar-refractivity contribution in [1.29, 1.82) is 0 Å². The number of likely N-dealkylation sites (N-methyl/N-ethyl adjacent to an activating group) is 1. The molecule has 1 aromatic carbocycles. The molecule has 3 rings (SSSR count). The number of nitrogens with zero attached hydrogens (tertiary/aromatic N) is 3. The summed E-state index contributed by atoms with van der Waals surface area (Å²) < 4.78 is 5.19. The van der Waals surface area contributed by atoms with Gasteiger partial charge in [0, 0.05) is 25.8 Å². The molecule has 0 spiro atoms. The topological polar surface area (TPSA) is 78.5 Å². The number of hydrogen-bond donors (Lipinski definition) is 1. The first-order chi connectivity index (χ1) is 11.6. The van der Waals surface area contributed by atoms with E-state index in [2.05, 4.69) is 14.9 Å². The molecule has 1 amide bonds. The molecule has 1 aliphatic heterocycles. The summed E-state index contributed by atoms with van der Waals surface area (Å²) in [7, 11) is 3.67. The van der Waals surface area contributed by atoms with Gasteiger partial charge in [-0.2, -0.15) is 0 Å². The molecule has 7 nitrogen and oxygen atoms in total. The fraction of sp³-hybridized carbons (Fsp3) is 0.353. The van der Waals surface area contributed by atoms with Gasteiger partial charge in [-0.25, -0.2) is 4.98 Å². The van der Waals surface area contributed by atoms with Crippen molar-refractivity contribution in [3.05, 3.63) is 58.3 Å². The van der Waals surface area contributed by atoms with Crippen LogP contribution in [0.1, 0.15) is 22.0 Å². The Morgan fingerprint density at radius 1 is 1.29 bits per heavy atom. The fourth-order valence-corrected chi connectivity index (χ4v) is 2.91. The van der Waals surface area contributed by atoms with E-state index in [1.165, 1.54) is 12.5 Å². The summed E-state index contributed by atoms with van der Waals surface area (Å²) in [6, 6.07) is 7.91. The minimum Gasteiger partial charge on any atom is -0.497 e. The molecule has 1 saturated heterocycles. The molecule has 2 aromatic rings. The highest BCUT2D eigenvalue weighted by atomic mass is 16.5. The number of amides is 1. The summed E-state index contributed by atoms with van der Waals surface area (Å²) in [6.45, 7) is 1.84. The lowest BCUT2D eigenvalue weighted by atomic mass is 10.0. The van der Waals surface area contributed by atoms with Crippen molar-refractivity contribution < 1.29 is 9.53 Å². The Morgan fingerprint density at radius 2 is 2.04 bits per heavy atom. The lowest BCUT2D eigenvalue weighted by Gasteiger charge is -2.39. The Hall–Kier alpha value is -2.67. The molecule has 0 saturated carbocycles. The van der Waals surface area contributed by atoms with Crippen molar-refractivity contribution in [2.75, 3.05) is 33.8 Å². The number of piperazine rings is 1. The quantitative estimate of drug-likeness (QED) is 0.906. The van der Waals surface area contributed by atoms with Gasteiger partial charge in [-0.15, -0.1) is 0 Å². The molecule has 1 atom stereocenters. The SMILES string of the molecule is COc1ccc([C@@H]2CN(C(=O)c3cnc[nH]c3=O)CCN2C)cc1. The van der Waals surface area contributed by atoms with Crippen molar-refractivity contribution in [3.63, 3.8) is 0 Å². The molecule has 0 aliphatic carbocycles. The molecule has 1 fully saturated rings. The minimum atomic E-state index is -0.407. The van der Waals surface area contributed by atoms with Crippen molar-refractivity contribution in [2.45, 2.75) is 6.04 Å². The van der Waals surface area contributed by atoms with E-state index in [1.54, 1.807) is 12.0 Å². The van der Waals surface area contributed by atoms with Gasteiger partial charge in [0.1, 0.15) is 11.3 Å². The Morgan fingerprint density at radius 3 is 2.71 bits per heavy atom. The van der Waals surface area contributed by atoms with Crippen LogP contribution in [0.2, 0.25) is 0 Å². The summed E-state index contributed by atoms with van der Waals surface area (Å²) in [6.07, 6.45) is 2.60. The van der Waals surface area contributed by atoms with Crippen LogP contribution in [0.4, 0.5) is 0 Å². The number of H-pyrrole nitrogens is 1. The maximum Gasteiger partial charge on any atom is 0.263 e. The molecule has 0 bridgehead atoms. The van der Waals surface area contributed by atoms with Gasteiger partial charge in [-0.1, -0.05) is 12.1 Å². The van der Waals surface area contributed by atoms with Crippen LogP contribution in [0.15, 0.2) is 41.6 Å². The predicted molar refractivity (Wildman–Crippen MR) is 89.1 cm³/mol. The number of methoxy groups -OCH3 is 1. The maximum atomic E-state index is 12.6. The van der Waals surface area contributed by atoms with Crippen LogP contribution in [-0.4, -0.2) is 59.5 Å². The Kier molecular flexibility index (Phi) is 4.61. The van der Waals surface area contributed by atoms with Crippen molar-refractivity contribution in [1.82, 2.24) is 19.8 Å². The summed E-state index contributed by atoms with van der Waals surface area (Å²) in [5.41, 5.74) is 0.779. The molecule has 1 aromatic heterocycles. The first-order valence-electron chi connectivity index (χ1n) is 7.76. The lowest BCUT2D eigenvalue weighted by Crippen LogP contribution is -2.49. The second-order valence-corrected chi connectivity index (χ2v) is 5.82. The van der Waals surface area contributed by atoms with E-state index in [0.29, 0.717) is 13.1 Å². The summed E-state index contributed by atoms with van der Waals surface area (Å²) >= 11 is 0. The van der Waals surface area contributed by atoms with Gasteiger partial charge >= 0.3 is 0 Å². The van der Waals surface area contributed by atoms with E-state index in [9.17, 15) is 9.59 Å². The number of ether oxygens (including phenoxy) is 1. The highest BCUT2D eigenvalue weighted by Crippen LogP contribution is 2.26. The van der Waals surface area contributed by atoms with Crippen molar-refractivity contribution >= 4 is 5.91 Å². The molecule has 0 radical (unpaired) electrons. The van der Waals surface area contributed by atoms with Gasteiger partial charge in [-0.3, -0.25) is 14.5 Å². The number of carbonyl (C=O) groups excluding carboxylic acids is 1. The highest BCUT2D eigenvalue weighted by Gasteiger charge is 2.30. The predicted octanol–water partition coefficient (Wildman–Crippen LogP) is 0.907. The van der Waals surface area contributed by atoms with E-state index in [1.807, 2.05) is 31.3 Å². The number of aromatic amines is 1. The van der Waals surface area contributed by atoms with Crippen molar-refractivity contribution in [3.8, 4) is 5.75 Å². The Labute approximate surface area is 139 Å². The number of nitrogens with one attached hydrogen (secondary N) is 1. The fourth-order valence-electron chi connectivity index (χ4n) is 2.91. The zero-order chi connectivity index (χ0) is 17.1. The maximum absolute atomic E-state index is 12.6. The van der Waals surface area contributed by atoms with Crippen LogP contribution >= 0.6 is 0 Å². The minimum absolute atomic E-state index is 0.0735. The van der Waals surface area contributed by atoms with E-state index >= 15 is 0 Å². The smallest absolute Gasteiger partial charge is 0.263 e. The highest BCUT2D eigenvalue weighted by molar-refractivity contribution is 5.93. The molecular weight excluding hydrogens is 308 g/mol. The first kappa shape index (κ1) is 16.2. The average Bonchev–Trinajstić information content (AvgIpc) is 2.62. The monoisotopic (exact) mass is 328 g/mol.